The third kappa shape index (κ3) is 4.96. The number of hydrogen-bond donors (Lipinski definition) is 1. The highest BCUT2D eigenvalue weighted by Gasteiger charge is 2.33. The number of piperidine rings is 1. The van der Waals surface area contributed by atoms with Crippen molar-refractivity contribution in [2.45, 2.75) is 24.0 Å². The fourth-order valence-corrected chi connectivity index (χ4v) is 6.49. The van der Waals surface area contributed by atoms with Crippen molar-refractivity contribution < 1.29 is 22.4 Å². The molecule has 1 aliphatic heterocycles. The number of sulfonamides is 1. The fourth-order valence-electron chi connectivity index (χ4n) is 3.38. The van der Waals surface area contributed by atoms with Gasteiger partial charge in [-0.25, -0.2) is 8.42 Å². The Morgan fingerprint density at radius 1 is 1.22 bits per heavy atom. The van der Waals surface area contributed by atoms with Crippen LogP contribution in [-0.4, -0.2) is 48.5 Å². The molecule has 170 valence electrons. The lowest BCUT2D eigenvalue weighted by molar-refractivity contribution is -0.121. The highest BCUT2D eigenvalue weighted by Crippen LogP contribution is 2.31. The van der Waals surface area contributed by atoms with E-state index in [9.17, 15) is 13.2 Å². The number of nitrogens with zero attached hydrogens (tertiary/aromatic N) is 3. The molecule has 3 heterocycles. The number of hydrogen-bond acceptors (Lipinski definition) is 8. The molecule has 2 aromatic heterocycles. The first-order valence-corrected chi connectivity index (χ1v) is 12.6. The van der Waals surface area contributed by atoms with Crippen LogP contribution in [0.5, 0.6) is 5.75 Å². The predicted molar refractivity (Wildman–Crippen MR) is 120 cm³/mol. The first-order valence-electron chi connectivity index (χ1n) is 10.00. The Bertz CT molecular complexity index is 1180. The summed E-state index contributed by atoms with van der Waals surface area (Å²) in [5.41, 5.74) is 0.702. The monoisotopic (exact) mass is 496 g/mol. The molecule has 0 bridgehead atoms. The minimum atomic E-state index is -3.60. The van der Waals surface area contributed by atoms with Crippen LogP contribution in [0.15, 0.2) is 45.0 Å². The zero-order valence-electron chi connectivity index (χ0n) is 17.2. The lowest BCUT2D eigenvalue weighted by atomic mass is 9.97. The zero-order valence-corrected chi connectivity index (χ0v) is 19.5. The number of ether oxygens (including phenoxy) is 1. The molecule has 4 rings (SSSR count). The van der Waals surface area contributed by atoms with Crippen molar-refractivity contribution in [3.8, 4) is 17.2 Å². The van der Waals surface area contributed by atoms with Gasteiger partial charge >= 0.3 is 6.01 Å². The number of halogens is 1. The van der Waals surface area contributed by atoms with Crippen LogP contribution in [0.3, 0.4) is 0 Å². The third-order valence-corrected chi connectivity index (χ3v) is 8.63. The average molecular weight is 497 g/mol. The second kappa shape index (κ2) is 9.57. The van der Waals surface area contributed by atoms with E-state index in [1.165, 1.54) is 10.4 Å². The molecule has 0 atom stereocenters. The molecule has 1 aromatic carbocycles. The highest BCUT2D eigenvalue weighted by molar-refractivity contribution is 7.91. The number of thiophene rings is 1. The van der Waals surface area contributed by atoms with Gasteiger partial charge in [-0.15, -0.1) is 16.4 Å². The molecule has 1 fully saturated rings. The molecule has 0 aliphatic carbocycles. The maximum atomic E-state index is 12.7. The van der Waals surface area contributed by atoms with Gasteiger partial charge in [0.25, 0.3) is 10.0 Å². The Morgan fingerprint density at radius 3 is 2.56 bits per heavy atom. The highest BCUT2D eigenvalue weighted by atomic mass is 35.5. The lowest BCUT2D eigenvalue weighted by Crippen LogP contribution is -2.41. The minimum Gasteiger partial charge on any atom is -0.494 e. The summed E-state index contributed by atoms with van der Waals surface area (Å²) in [6.07, 6.45) is 0.786. The molecule has 1 amide bonds. The van der Waals surface area contributed by atoms with Crippen molar-refractivity contribution in [3.63, 3.8) is 0 Å². The summed E-state index contributed by atoms with van der Waals surface area (Å²) >= 11 is 6.89. The molecule has 0 unspecified atom stereocenters. The van der Waals surface area contributed by atoms with Crippen LogP contribution in [0, 0.1) is 5.92 Å². The van der Waals surface area contributed by atoms with E-state index >= 15 is 0 Å². The second-order valence-electron chi connectivity index (χ2n) is 7.10. The Balaban J connectivity index is 1.33. The zero-order chi connectivity index (χ0) is 22.7. The van der Waals surface area contributed by atoms with Crippen LogP contribution in [0.2, 0.25) is 4.34 Å². The van der Waals surface area contributed by atoms with Crippen LogP contribution in [0.1, 0.15) is 19.8 Å². The topological polar surface area (TPSA) is 115 Å². The Kier molecular flexibility index (Phi) is 6.79. The molecule has 1 aliphatic rings. The molecule has 1 N–H and O–H groups in total. The number of nitrogens with one attached hydrogen (secondary N) is 1. The molecular weight excluding hydrogens is 476 g/mol. The van der Waals surface area contributed by atoms with Gasteiger partial charge in [0.15, 0.2) is 0 Å². The Hall–Kier alpha value is -2.47. The maximum Gasteiger partial charge on any atom is 0.322 e. The molecule has 1 saturated heterocycles. The molecule has 9 nitrogen and oxygen atoms in total. The molecule has 0 saturated carbocycles. The largest absolute Gasteiger partial charge is 0.494 e. The number of benzene rings is 1. The quantitative estimate of drug-likeness (QED) is 0.527. The molecule has 3 aromatic rings. The number of carbonyl (C=O) groups is 1. The van der Waals surface area contributed by atoms with Crippen molar-refractivity contribution in [2.24, 2.45) is 5.92 Å². The van der Waals surface area contributed by atoms with Crippen LogP contribution < -0.4 is 10.1 Å². The Labute approximate surface area is 194 Å². The van der Waals surface area contributed by atoms with E-state index in [0.717, 1.165) is 17.1 Å². The normalized spacial score (nSPS) is 15.6. The molecule has 0 radical (unpaired) electrons. The summed E-state index contributed by atoms with van der Waals surface area (Å²) in [4.78, 5) is 12.6. The number of rotatable bonds is 7. The van der Waals surface area contributed by atoms with Gasteiger partial charge in [-0.1, -0.05) is 16.7 Å². The fraction of sp³-hybridized carbons (Fsp3) is 0.350. The second-order valence-corrected chi connectivity index (χ2v) is 11.0. The van der Waals surface area contributed by atoms with Gasteiger partial charge in [0.05, 0.1) is 10.9 Å². The van der Waals surface area contributed by atoms with Crippen molar-refractivity contribution in [1.82, 2.24) is 14.5 Å². The van der Waals surface area contributed by atoms with Gasteiger partial charge in [-0.2, -0.15) is 4.31 Å². The molecular formula is C20H21ClN4O5S2. The third-order valence-electron chi connectivity index (χ3n) is 5.03. The number of aromatic nitrogens is 2. The molecule has 0 spiro atoms. The number of amides is 1. The van der Waals surface area contributed by atoms with Crippen LogP contribution >= 0.6 is 22.9 Å². The summed E-state index contributed by atoms with van der Waals surface area (Å²) in [5.74, 6) is 0.385. The summed E-state index contributed by atoms with van der Waals surface area (Å²) in [6.45, 7) is 2.97. The van der Waals surface area contributed by atoms with Crippen molar-refractivity contribution >= 4 is 44.9 Å². The van der Waals surface area contributed by atoms with Gasteiger partial charge < -0.3 is 9.15 Å². The predicted octanol–water partition coefficient (Wildman–Crippen LogP) is 3.89. The standard InChI is InChI=1S/C20H21ClN4O5S2/c1-2-29-15-5-3-14(4-6-15)19-23-24-20(30-19)22-18(26)13-9-11-25(12-10-13)32(27,28)17-8-7-16(21)31-17/h3-8,13H,2,9-12H2,1H3,(H,22,24,26). The molecule has 32 heavy (non-hydrogen) atoms. The average Bonchev–Trinajstić information content (AvgIpc) is 3.44. The Morgan fingerprint density at radius 2 is 1.94 bits per heavy atom. The SMILES string of the molecule is CCOc1ccc(-c2nnc(NC(=O)C3CCN(S(=O)(=O)c4ccc(Cl)s4)CC3)o2)cc1. The van der Waals surface area contributed by atoms with Crippen LogP contribution in [0.25, 0.3) is 11.5 Å². The van der Waals surface area contributed by atoms with Crippen molar-refractivity contribution in [2.75, 3.05) is 25.0 Å². The van der Waals surface area contributed by atoms with E-state index in [1.807, 2.05) is 6.92 Å². The van der Waals surface area contributed by atoms with E-state index < -0.39 is 10.0 Å². The van der Waals surface area contributed by atoms with Gasteiger partial charge in [-0.05, 0) is 56.2 Å². The lowest BCUT2D eigenvalue weighted by Gasteiger charge is -2.29. The first-order chi connectivity index (χ1) is 15.4. The van der Waals surface area contributed by atoms with E-state index in [4.69, 9.17) is 20.8 Å². The van der Waals surface area contributed by atoms with E-state index in [0.29, 0.717) is 29.3 Å². The minimum absolute atomic E-state index is 0.00200. The van der Waals surface area contributed by atoms with E-state index in [-0.39, 0.29) is 41.0 Å². The van der Waals surface area contributed by atoms with E-state index in [2.05, 4.69) is 15.5 Å². The van der Waals surface area contributed by atoms with Gasteiger partial charge in [0.1, 0.15) is 9.96 Å². The van der Waals surface area contributed by atoms with E-state index in [1.54, 1.807) is 30.3 Å². The molecule has 12 heteroatoms. The smallest absolute Gasteiger partial charge is 0.322 e. The summed E-state index contributed by atoms with van der Waals surface area (Å²) in [6, 6.07) is 10.2. The van der Waals surface area contributed by atoms with Crippen molar-refractivity contribution in [1.29, 1.82) is 0 Å². The summed E-state index contributed by atoms with van der Waals surface area (Å²) < 4.78 is 38.4. The number of carbonyl (C=O) groups excluding carboxylic acids is 1. The van der Waals surface area contributed by atoms with Crippen LogP contribution in [0.4, 0.5) is 6.01 Å². The van der Waals surface area contributed by atoms with Gasteiger partial charge in [-0.3, -0.25) is 10.1 Å². The van der Waals surface area contributed by atoms with Gasteiger partial charge in [0.2, 0.25) is 11.8 Å². The van der Waals surface area contributed by atoms with Crippen LogP contribution in [-0.2, 0) is 14.8 Å². The summed E-state index contributed by atoms with van der Waals surface area (Å²) in [7, 11) is -3.60. The van der Waals surface area contributed by atoms with Crippen molar-refractivity contribution in [3.05, 3.63) is 40.7 Å². The van der Waals surface area contributed by atoms with Gasteiger partial charge in [0, 0.05) is 24.6 Å². The maximum absolute atomic E-state index is 12.7. The number of anilines is 1. The first kappa shape index (κ1) is 22.7. The summed E-state index contributed by atoms with van der Waals surface area (Å²) in [5, 5.41) is 10.5.